The van der Waals surface area contributed by atoms with Crippen molar-refractivity contribution in [2.75, 3.05) is 17.5 Å². The Balaban J connectivity index is 1.73. The number of hydroxylamine groups is 1. The molecule has 0 saturated heterocycles. The first-order valence-electron chi connectivity index (χ1n) is 10.0. The van der Waals surface area contributed by atoms with E-state index in [1.54, 1.807) is 18.3 Å². The van der Waals surface area contributed by atoms with Crippen molar-refractivity contribution < 1.29 is 36.7 Å². The number of nitrogens with zero attached hydrogens (tertiary/aromatic N) is 2. The Morgan fingerprint density at radius 2 is 1.89 bits per heavy atom. The van der Waals surface area contributed by atoms with Gasteiger partial charge in [0.05, 0.1) is 35.1 Å². The summed E-state index contributed by atoms with van der Waals surface area (Å²) in [6.45, 7) is -3.58. The fourth-order valence-corrected chi connectivity index (χ4v) is 3.56. The topological polar surface area (TPSA) is 96.5 Å². The molecule has 0 fully saturated rings. The van der Waals surface area contributed by atoms with Gasteiger partial charge in [-0.1, -0.05) is 11.6 Å². The quantitative estimate of drug-likeness (QED) is 0.245. The van der Waals surface area contributed by atoms with Crippen molar-refractivity contribution in [3.05, 3.63) is 82.6 Å². The van der Waals surface area contributed by atoms with Gasteiger partial charge in [-0.3, -0.25) is 9.59 Å². The average Bonchev–Trinajstić information content (AvgIpc) is 3.30. The van der Waals surface area contributed by atoms with Gasteiger partial charge in [-0.2, -0.15) is 18.7 Å². The van der Waals surface area contributed by atoms with E-state index in [-0.39, 0.29) is 27.1 Å². The van der Waals surface area contributed by atoms with Crippen LogP contribution in [0.2, 0.25) is 5.02 Å². The molecule has 0 atom stereocenters. The van der Waals surface area contributed by atoms with Crippen molar-refractivity contribution in [2.45, 2.75) is 6.61 Å². The number of aromatic amines is 1. The fraction of sp³-hybridized carbons (Fsp3) is 0.0870. The zero-order valence-corrected chi connectivity index (χ0v) is 18.9. The highest BCUT2D eigenvalue weighted by Gasteiger charge is 2.30. The third kappa shape index (κ3) is 5.09. The normalized spacial score (nSPS) is 11.1. The van der Waals surface area contributed by atoms with Gasteiger partial charge in [-0.05, 0) is 42.5 Å². The number of carbonyl (C=O) groups is 2. The van der Waals surface area contributed by atoms with Gasteiger partial charge in [-0.25, -0.2) is 13.8 Å². The maximum atomic E-state index is 14.8. The molecule has 0 aliphatic heterocycles. The molecule has 36 heavy (non-hydrogen) atoms. The van der Waals surface area contributed by atoms with Crippen LogP contribution in [0, 0.1) is 11.6 Å². The summed E-state index contributed by atoms with van der Waals surface area (Å²) >= 11 is 6.03. The number of rotatable bonds is 7. The number of H-pyrrole nitrogens is 1. The lowest BCUT2D eigenvalue weighted by Gasteiger charge is -2.23. The molecule has 2 aromatic heterocycles. The number of pyridine rings is 1. The number of amides is 2. The number of benzene rings is 2. The van der Waals surface area contributed by atoms with Gasteiger partial charge in [-0.15, -0.1) is 0 Å². The van der Waals surface area contributed by atoms with Crippen molar-refractivity contribution in [1.29, 1.82) is 0 Å². The van der Waals surface area contributed by atoms with Crippen LogP contribution in [0.4, 0.5) is 28.9 Å². The van der Waals surface area contributed by atoms with E-state index in [0.717, 1.165) is 25.3 Å². The summed E-state index contributed by atoms with van der Waals surface area (Å²) in [4.78, 5) is 37.2. The molecule has 0 saturated carbocycles. The third-order valence-electron chi connectivity index (χ3n) is 4.92. The SMILES string of the molecule is COc1ccc(F)cc1C(=O)N(OC(F)F)c1cc(C(=O)Nc2cnc3[nH]ccc3c2)c(Cl)cc1F. The first-order valence-corrected chi connectivity index (χ1v) is 10.4. The van der Waals surface area contributed by atoms with E-state index in [4.69, 9.17) is 16.3 Å². The number of nitrogens with one attached hydrogen (secondary N) is 2. The Kier molecular flexibility index (Phi) is 7.08. The van der Waals surface area contributed by atoms with Crippen LogP contribution < -0.4 is 15.1 Å². The summed E-state index contributed by atoms with van der Waals surface area (Å²) in [5, 5.41) is 2.72. The number of aromatic nitrogens is 2. The van der Waals surface area contributed by atoms with E-state index < -0.39 is 41.3 Å². The Morgan fingerprint density at radius 1 is 1.11 bits per heavy atom. The predicted octanol–water partition coefficient (Wildman–Crippen LogP) is 5.56. The number of alkyl halides is 2. The Morgan fingerprint density at radius 3 is 2.61 bits per heavy atom. The zero-order chi connectivity index (χ0) is 26.0. The number of ether oxygens (including phenoxy) is 1. The van der Waals surface area contributed by atoms with Gasteiger partial charge in [0.1, 0.15) is 22.9 Å². The molecule has 13 heteroatoms. The highest BCUT2D eigenvalue weighted by molar-refractivity contribution is 6.34. The molecule has 0 aliphatic carbocycles. The number of anilines is 2. The molecule has 0 spiro atoms. The third-order valence-corrected chi connectivity index (χ3v) is 5.23. The van der Waals surface area contributed by atoms with Crippen LogP contribution in [0.5, 0.6) is 5.75 Å². The minimum atomic E-state index is -3.58. The monoisotopic (exact) mass is 522 g/mol. The van der Waals surface area contributed by atoms with Gasteiger partial charge in [0.2, 0.25) is 0 Å². The summed E-state index contributed by atoms with van der Waals surface area (Å²) in [6, 6.07) is 7.47. The van der Waals surface area contributed by atoms with Crippen molar-refractivity contribution in [3.63, 3.8) is 0 Å². The zero-order valence-electron chi connectivity index (χ0n) is 18.2. The van der Waals surface area contributed by atoms with Crippen molar-refractivity contribution in [1.82, 2.24) is 9.97 Å². The van der Waals surface area contributed by atoms with Gasteiger partial charge < -0.3 is 15.0 Å². The lowest BCUT2D eigenvalue weighted by atomic mass is 10.1. The second-order valence-corrected chi connectivity index (χ2v) is 7.59. The van der Waals surface area contributed by atoms with Crippen molar-refractivity contribution in [3.8, 4) is 5.75 Å². The van der Waals surface area contributed by atoms with Gasteiger partial charge in [0.15, 0.2) is 5.82 Å². The number of halogens is 5. The molecule has 2 N–H and O–H groups in total. The smallest absolute Gasteiger partial charge is 0.365 e. The van der Waals surface area contributed by atoms with Crippen LogP contribution in [0.1, 0.15) is 20.7 Å². The maximum absolute atomic E-state index is 14.8. The average molecular weight is 523 g/mol. The highest BCUT2D eigenvalue weighted by atomic mass is 35.5. The van der Waals surface area contributed by atoms with Crippen LogP contribution in [-0.2, 0) is 4.84 Å². The number of carbonyl (C=O) groups excluding carboxylic acids is 2. The number of hydrogen-bond donors (Lipinski definition) is 2. The summed E-state index contributed by atoms with van der Waals surface area (Å²) in [5.74, 6) is -4.59. The molecule has 0 radical (unpaired) electrons. The van der Waals surface area contributed by atoms with Gasteiger partial charge in [0.25, 0.3) is 11.8 Å². The van der Waals surface area contributed by atoms with Crippen LogP contribution in [-0.4, -0.2) is 35.5 Å². The maximum Gasteiger partial charge on any atom is 0.365 e. The Bertz CT molecular complexity index is 1460. The van der Waals surface area contributed by atoms with E-state index in [2.05, 4.69) is 20.1 Å². The molecule has 2 aromatic carbocycles. The minimum absolute atomic E-state index is 0.0994. The van der Waals surface area contributed by atoms with Crippen LogP contribution in [0.3, 0.4) is 0 Å². The Labute approximate surface area is 205 Å². The van der Waals surface area contributed by atoms with Crippen molar-refractivity contribution >= 4 is 45.8 Å². The van der Waals surface area contributed by atoms with Crippen molar-refractivity contribution in [2.24, 2.45) is 0 Å². The second-order valence-electron chi connectivity index (χ2n) is 7.19. The molecule has 2 heterocycles. The van der Waals surface area contributed by atoms with Crippen LogP contribution in [0.15, 0.2) is 54.9 Å². The lowest BCUT2D eigenvalue weighted by Crippen LogP contribution is -2.34. The predicted molar refractivity (Wildman–Crippen MR) is 122 cm³/mol. The van der Waals surface area contributed by atoms with Crippen LogP contribution >= 0.6 is 11.6 Å². The Hall–Kier alpha value is -4.16. The highest BCUT2D eigenvalue weighted by Crippen LogP contribution is 2.32. The first kappa shape index (κ1) is 24.9. The summed E-state index contributed by atoms with van der Waals surface area (Å²) in [5.41, 5.74) is -0.953. The molecule has 4 aromatic rings. The molecule has 186 valence electrons. The second kappa shape index (κ2) is 10.2. The molecular weight excluding hydrogens is 508 g/mol. The van der Waals surface area contributed by atoms with Crippen LogP contribution in [0.25, 0.3) is 11.0 Å². The van der Waals surface area contributed by atoms with E-state index in [9.17, 15) is 27.2 Å². The van der Waals surface area contributed by atoms with E-state index in [0.29, 0.717) is 23.2 Å². The molecule has 8 nitrogen and oxygen atoms in total. The standard InChI is InChI=1S/C23H15ClF4N4O4/c1-35-19-3-2-12(25)7-15(19)22(34)32(36-23(27)28)18-8-14(16(24)9-17(18)26)21(33)31-13-6-11-4-5-29-20(11)30-10-13/h2-10,23H,1H3,(H,29,30)(H,31,33). The number of hydrogen-bond acceptors (Lipinski definition) is 5. The van der Waals surface area contributed by atoms with E-state index in [1.807, 2.05) is 0 Å². The molecule has 0 unspecified atom stereocenters. The number of methoxy groups -OCH3 is 1. The molecular formula is C23H15ClF4N4O4. The summed E-state index contributed by atoms with van der Waals surface area (Å²) in [6.07, 6.45) is 3.00. The summed E-state index contributed by atoms with van der Waals surface area (Å²) < 4.78 is 60.0. The molecule has 2 amide bonds. The number of fused-ring (bicyclic) bond motifs is 1. The van der Waals surface area contributed by atoms with E-state index >= 15 is 0 Å². The van der Waals surface area contributed by atoms with Gasteiger partial charge >= 0.3 is 6.61 Å². The first-order chi connectivity index (χ1) is 17.2. The minimum Gasteiger partial charge on any atom is -0.496 e. The largest absolute Gasteiger partial charge is 0.496 e. The van der Waals surface area contributed by atoms with Gasteiger partial charge in [0, 0.05) is 11.6 Å². The molecule has 0 aliphatic rings. The molecule has 4 rings (SSSR count). The lowest BCUT2D eigenvalue weighted by molar-refractivity contribution is -0.131. The molecule has 0 bridgehead atoms. The fourth-order valence-electron chi connectivity index (χ4n) is 3.32. The summed E-state index contributed by atoms with van der Waals surface area (Å²) in [7, 11) is 1.16. The van der Waals surface area contributed by atoms with E-state index in [1.165, 1.54) is 6.20 Å².